The summed E-state index contributed by atoms with van der Waals surface area (Å²) in [6.07, 6.45) is 4.12. The van der Waals surface area contributed by atoms with Crippen LogP contribution in [0.25, 0.3) is 5.57 Å². The zero-order valence-electron chi connectivity index (χ0n) is 10.7. The van der Waals surface area contributed by atoms with E-state index in [1.807, 2.05) is 6.08 Å². The third kappa shape index (κ3) is 3.23. The van der Waals surface area contributed by atoms with Crippen molar-refractivity contribution in [2.75, 3.05) is 0 Å². The summed E-state index contributed by atoms with van der Waals surface area (Å²) in [5, 5.41) is 0. The predicted molar refractivity (Wildman–Crippen MR) is 73.4 cm³/mol. The predicted octanol–water partition coefficient (Wildman–Crippen LogP) is 4.92. The van der Waals surface area contributed by atoms with E-state index in [1.54, 1.807) is 0 Å². The van der Waals surface area contributed by atoms with E-state index in [2.05, 4.69) is 64.6 Å². The third-order valence-electron chi connectivity index (χ3n) is 2.50. The van der Waals surface area contributed by atoms with E-state index in [0.29, 0.717) is 0 Å². The number of hydrogen-bond acceptors (Lipinski definition) is 0. The first-order valence-electron chi connectivity index (χ1n) is 5.60. The van der Waals surface area contributed by atoms with Crippen molar-refractivity contribution in [3.8, 4) is 0 Å². The molecule has 16 heavy (non-hydrogen) atoms. The lowest BCUT2D eigenvalue weighted by atomic mass is 9.99. The van der Waals surface area contributed by atoms with Gasteiger partial charge in [-0.3, -0.25) is 0 Å². The Labute approximate surface area is 99.0 Å². The molecular weight excluding hydrogens is 192 g/mol. The van der Waals surface area contributed by atoms with E-state index < -0.39 is 0 Å². The Morgan fingerprint density at radius 1 is 1.06 bits per heavy atom. The number of aryl methyl sites for hydroxylation is 1. The fraction of sp³-hybridized carbons (Fsp3) is 0.250. The zero-order chi connectivity index (χ0) is 12.1. The molecule has 0 N–H and O–H groups in total. The van der Waals surface area contributed by atoms with Gasteiger partial charge in [-0.25, -0.2) is 0 Å². The summed E-state index contributed by atoms with van der Waals surface area (Å²) >= 11 is 0. The summed E-state index contributed by atoms with van der Waals surface area (Å²) in [4.78, 5) is 0. The molecule has 0 unspecified atom stereocenters. The molecule has 0 heteroatoms. The molecule has 0 spiro atoms. The molecular formula is C16H20. The van der Waals surface area contributed by atoms with Crippen LogP contribution in [0.4, 0.5) is 0 Å². The van der Waals surface area contributed by atoms with E-state index in [0.717, 1.165) is 0 Å². The van der Waals surface area contributed by atoms with Crippen molar-refractivity contribution in [1.29, 1.82) is 0 Å². The van der Waals surface area contributed by atoms with E-state index in [1.165, 1.54) is 27.8 Å². The number of hydrogen-bond donors (Lipinski definition) is 0. The van der Waals surface area contributed by atoms with Crippen molar-refractivity contribution < 1.29 is 0 Å². The summed E-state index contributed by atoms with van der Waals surface area (Å²) in [5.74, 6) is 0. The first kappa shape index (κ1) is 12.5. The van der Waals surface area contributed by atoms with Crippen LogP contribution < -0.4 is 0 Å². The van der Waals surface area contributed by atoms with Crippen LogP contribution >= 0.6 is 0 Å². The molecule has 0 amide bonds. The monoisotopic (exact) mass is 212 g/mol. The molecule has 0 nitrogen and oxygen atoms in total. The second kappa shape index (κ2) is 5.50. The van der Waals surface area contributed by atoms with Gasteiger partial charge in [0.05, 0.1) is 0 Å². The minimum absolute atomic E-state index is 1.21. The van der Waals surface area contributed by atoms with Crippen LogP contribution in [0.1, 0.15) is 31.9 Å². The van der Waals surface area contributed by atoms with E-state index in [-0.39, 0.29) is 0 Å². The molecule has 0 aliphatic heterocycles. The summed E-state index contributed by atoms with van der Waals surface area (Å²) < 4.78 is 0. The smallest absolute Gasteiger partial charge is 0.0161 e. The van der Waals surface area contributed by atoms with Gasteiger partial charge in [-0.05, 0) is 44.4 Å². The largest absolute Gasteiger partial charge is 0.0984 e. The first-order chi connectivity index (χ1) is 7.54. The SMILES string of the molecule is C=CC(=C(C)C=C(C)C)c1ccc(C)cc1. The average Bonchev–Trinajstić information content (AvgIpc) is 2.21. The van der Waals surface area contributed by atoms with Crippen LogP contribution in [0, 0.1) is 6.92 Å². The number of allylic oxidation sites excluding steroid dienone is 5. The lowest BCUT2D eigenvalue weighted by molar-refractivity contribution is 1.35. The molecule has 1 aromatic rings. The van der Waals surface area contributed by atoms with Crippen molar-refractivity contribution >= 4 is 5.57 Å². The van der Waals surface area contributed by atoms with Crippen molar-refractivity contribution in [3.05, 3.63) is 65.3 Å². The van der Waals surface area contributed by atoms with Crippen molar-refractivity contribution in [2.45, 2.75) is 27.7 Å². The van der Waals surface area contributed by atoms with Crippen molar-refractivity contribution in [3.63, 3.8) is 0 Å². The zero-order valence-corrected chi connectivity index (χ0v) is 10.7. The van der Waals surface area contributed by atoms with Gasteiger partial charge in [-0.1, -0.05) is 54.1 Å². The highest BCUT2D eigenvalue weighted by molar-refractivity contribution is 5.77. The standard InChI is InChI=1S/C16H20/c1-6-16(14(5)11-12(2)3)15-9-7-13(4)8-10-15/h6-11H,1H2,2-5H3. The van der Waals surface area contributed by atoms with E-state index >= 15 is 0 Å². The van der Waals surface area contributed by atoms with Gasteiger partial charge in [0.2, 0.25) is 0 Å². The maximum atomic E-state index is 3.90. The summed E-state index contributed by atoms with van der Waals surface area (Å²) in [6.45, 7) is 12.4. The summed E-state index contributed by atoms with van der Waals surface area (Å²) in [6, 6.07) is 8.56. The van der Waals surface area contributed by atoms with Gasteiger partial charge >= 0.3 is 0 Å². The molecule has 0 atom stereocenters. The van der Waals surface area contributed by atoms with Gasteiger partial charge in [0, 0.05) is 0 Å². The lowest BCUT2D eigenvalue weighted by Gasteiger charge is -2.06. The van der Waals surface area contributed by atoms with Gasteiger partial charge in [0.15, 0.2) is 0 Å². The fourth-order valence-electron chi connectivity index (χ4n) is 1.75. The van der Waals surface area contributed by atoms with Gasteiger partial charge < -0.3 is 0 Å². The Kier molecular flexibility index (Phi) is 4.30. The molecule has 0 aromatic heterocycles. The highest BCUT2D eigenvalue weighted by Gasteiger charge is 2.00. The second-order valence-corrected chi connectivity index (χ2v) is 4.39. The molecule has 0 aliphatic rings. The molecule has 0 saturated heterocycles. The molecule has 0 bridgehead atoms. The molecule has 1 aromatic carbocycles. The van der Waals surface area contributed by atoms with Crippen LogP contribution in [0.2, 0.25) is 0 Å². The maximum Gasteiger partial charge on any atom is -0.0161 e. The Balaban J connectivity index is 3.21. The van der Waals surface area contributed by atoms with Crippen LogP contribution in [0.5, 0.6) is 0 Å². The average molecular weight is 212 g/mol. The highest BCUT2D eigenvalue weighted by atomic mass is 14.0. The second-order valence-electron chi connectivity index (χ2n) is 4.39. The first-order valence-corrected chi connectivity index (χ1v) is 5.60. The normalized spacial score (nSPS) is 11.8. The molecule has 0 saturated carbocycles. The van der Waals surface area contributed by atoms with Crippen molar-refractivity contribution in [2.24, 2.45) is 0 Å². The summed E-state index contributed by atoms with van der Waals surface area (Å²) in [7, 11) is 0. The maximum absolute atomic E-state index is 3.90. The van der Waals surface area contributed by atoms with E-state index in [4.69, 9.17) is 0 Å². The van der Waals surface area contributed by atoms with Crippen LogP contribution in [-0.4, -0.2) is 0 Å². The van der Waals surface area contributed by atoms with Gasteiger partial charge in [-0.2, -0.15) is 0 Å². The molecule has 0 aliphatic carbocycles. The number of benzene rings is 1. The topological polar surface area (TPSA) is 0 Å². The van der Waals surface area contributed by atoms with Crippen LogP contribution in [-0.2, 0) is 0 Å². The Morgan fingerprint density at radius 3 is 2.06 bits per heavy atom. The minimum Gasteiger partial charge on any atom is -0.0984 e. The molecule has 1 rings (SSSR count). The Hall–Kier alpha value is -1.56. The molecule has 0 radical (unpaired) electrons. The molecule has 0 heterocycles. The molecule has 84 valence electrons. The van der Waals surface area contributed by atoms with Gasteiger partial charge in [0.1, 0.15) is 0 Å². The molecule has 0 fully saturated rings. The van der Waals surface area contributed by atoms with Gasteiger partial charge in [-0.15, -0.1) is 0 Å². The van der Waals surface area contributed by atoms with Crippen LogP contribution in [0.15, 0.2) is 54.1 Å². The van der Waals surface area contributed by atoms with E-state index in [9.17, 15) is 0 Å². The quantitative estimate of drug-likeness (QED) is 0.624. The Bertz CT molecular complexity index is 424. The third-order valence-corrected chi connectivity index (χ3v) is 2.50. The van der Waals surface area contributed by atoms with Gasteiger partial charge in [0.25, 0.3) is 0 Å². The fourth-order valence-corrected chi connectivity index (χ4v) is 1.75. The van der Waals surface area contributed by atoms with Crippen LogP contribution in [0.3, 0.4) is 0 Å². The Morgan fingerprint density at radius 2 is 1.62 bits per heavy atom. The minimum atomic E-state index is 1.21. The highest BCUT2D eigenvalue weighted by Crippen LogP contribution is 2.21. The van der Waals surface area contributed by atoms with Crippen molar-refractivity contribution in [1.82, 2.24) is 0 Å². The lowest BCUT2D eigenvalue weighted by Crippen LogP contribution is -1.85. The number of rotatable bonds is 3. The summed E-state index contributed by atoms with van der Waals surface area (Å²) in [5.41, 5.74) is 6.30.